The molecule has 2 aromatic rings. The second-order valence-electron chi connectivity index (χ2n) is 6.02. The third-order valence-electron chi connectivity index (χ3n) is 4.25. The van der Waals surface area contributed by atoms with Crippen molar-refractivity contribution in [3.05, 3.63) is 47.5 Å². The quantitative estimate of drug-likeness (QED) is 0.867. The van der Waals surface area contributed by atoms with Crippen molar-refractivity contribution in [2.75, 3.05) is 6.54 Å². The smallest absolute Gasteiger partial charge is 0.0796 e. The van der Waals surface area contributed by atoms with Gasteiger partial charge in [-0.25, -0.2) is 0 Å². The molecule has 1 saturated heterocycles. The van der Waals surface area contributed by atoms with Crippen LogP contribution in [-0.4, -0.2) is 26.2 Å². The van der Waals surface area contributed by atoms with Gasteiger partial charge in [-0.05, 0) is 44.5 Å². The van der Waals surface area contributed by atoms with Crippen molar-refractivity contribution < 1.29 is 0 Å². The standard InChI is InChI=1S/C17H24N4/c1-14-7-6-8-15(18-14)13-21-11-5-3-4-9-17(21)16-10-12-20(2)19-16/h6-8,10,12,17H,3-5,9,11,13H2,1-2H3/t17-/m1/s1. The topological polar surface area (TPSA) is 34.0 Å². The van der Waals surface area contributed by atoms with Crippen molar-refractivity contribution in [1.29, 1.82) is 0 Å². The lowest BCUT2D eigenvalue weighted by Crippen LogP contribution is -2.29. The highest BCUT2D eigenvalue weighted by molar-refractivity contribution is 5.12. The van der Waals surface area contributed by atoms with Gasteiger partial charge in [0.05, 0.1) is 17.4 Å². The Bertz CT molecular complexity index is 590. The summed E-state index contributed by atoms with van der Waals surface area (Å²) in [5, 5.41) is 4.64. The van der Waals surface area contributed by atoms with Crippen LogP contribution in [0.1, 0.15) is 48.8 Å². The van der Waals surface area contributed by atoms with E-state index in [1.165, 1.54) is 31.4 Å². The number of nitrogens with zero attached hydrogens (tertiary/aromatic N) is 4. The van der Waals surface area contributed by atoms with E-state index in [1.807, 2.05) is 17.9 Å². The van der Waals surface area contributed by atoms with E-state index in [0.717, 1.165) is 24.5 Å². The number of hydrogen-bond donors (Lipinski definition) is 0. The highest BCUT2D eigenvalue weighted by atomic mass is 15.3. The number of likely N-dealkylation sites (tertiary alicyclic amines) is 1. The molecule has 112 valence electrons. The molecule has 0 amide bonds. The van der Waals surface area contributed by atoms with Gasteiger partial charge in [0.15, 0.2) is 0 Å². The monoisotopic (exact) mass is 284 g/mol. The van der Waals surface area contributed by atoms with E-state index < -0.39 is 0 Å². The van der Waals surface area contributed by atoms with Crippen LogP contribution in [0.5, 0.6) is 0 Å². The molecule has 0 spiro atoms. The molecule has 1 fully saturated rings. The first-order chi connectivity index (χ1) is 10.2. The molecule has 1 atom stereocenters. The van der Waals surface area contributed by atoms with Crippen LogP contribution in [-0.2, 0) is 13.6 Å². The normalized spacial score (nSPS) is 20.4. The first kappa shape index (κ1) is 14.3. The summed E-state index contributed by atoms with van der Waals surface area (Å²) in [4.78, 5) is 7.22. The fraction of sp³-hybridized carbons (Fsp3) is 0.529. The first-order valence-electron chi connectivity index (χ1n) is 7.88. The maximum absolute atomic E-state index is 4.66. The fourth-order valence-corrected chi connectivity index (χ4v) is 3.20. The highest BCUT2D eigenvalue weighted by Crippen LogP contribution is 2.30. The molecule has 3 heterocycles. The maximum Gasteiger partial charge on any atom is 0.0796 e. The molecule has 2 aromatic heterocycles. The van der Waals surface area contributed by atoms with E-state index in [2.05, 4.69) is 46.2 Å². The summed E-state index contributed by atoms with van der Waals surface area (Å²) in [6.45, 7) is 4.11. The zero-order valence-electron chi connectivity index (χ0n) is 13.0. The number of aromatic nitrogens is 3. The Balaban J connectivity index is 1.81. The second-order valence-corrected chi connectivity index (χ2v) is 6.02. The van der Waals surface area contributed by atoms with E-state index in [4.69, 9.17) is 0 Å². The summed E-state index contributed by atoms with van der Waals surface area (Å²) in [7, 11) is 1.99. The predicted molar refractivity (Wildman–Crippen MR) is 83.8 cm³/mol. The molecule has 0 bridgehead atoms. The maximum atomic E-state index is 4.66. The molecule has 0 radical (unpaired) electrons. The summed E-state index contributed by atoms with van der Waals surface area (Å²) in [5.74, 6) is 0. The summed E-state index contributed by atoms with van der Waals surface area (Å²) in [6.07, 6.45) is 7.13. The molecule has 4 heteroatoms. The van der Waals surface area contributed by atoms with Gasteiger partial charge in [0.2, 0.25) is 0 Å². The number of aryl methyl sites for hydroxylation is 2. The second kappa shape index (κ2) is 6.39. The Morgan fingerprint density at radius 1 is 1.19 bits per heavy atom. The van der Waals surface area contributed by atoms with Gasteiger partial charge in [-0.2, -0.15) is 5.10 Å². The Labute approximate surface area is 126 Å². The van der Waals surface area contributed by atoms with Crippen LogP contribution in [0.3, 0.4) is 0 Å². The van der Waals surface area contributed by atoms with Crippen LogP contribution in [0.2, 0.25) is 0 Å². The van der Waals surface area contributed by atoms with E-state index >= 15 is 0 Å². The fourth-order valence-electron chi connectivity index (χ4n) is 3.20. The predicted octanol–water partition coefficient (Wildman–Crippen LogP) is 3.24. The Hall–Kier alpha value is -1.68. The van der Waals surface area contributed by atoms with Gasteiger partial charge >= 0.3 is 0 Å². The van der Waals surface area contributed by atoms with Crippen molar-refractivity contribution >= 4 is 0 Å². The van der Waals surface area contributed by atoms with Gasteiger partial charge in [0, 0.05) is 25.5 Å². The van der Waals surface area contributed by atoms with Gasteiger partial charge in [-0.3, -0.25) is 14.6 Å². The number of rotatable bonds is 3. The van der Waals surface area contributed by atoms with Crippen LogP contribution < -0.4 is 0 Å². The van der Waals surface area contributed by atoms with E-state index in [0.29, 0.717) is 6.04 Å². The van der Waals surface area contributed by atoms with Crippen LogP contribution in [0.25, 0.3) is 0 Å². The first-order valence-corrected chi connectivity index (χ1v) is 7.88. The van der Waals surface area contributed by atoms with Crippen molar-refractivity contribution in [1.82, 2.24) is 19.7 Å². The summed E-state index contributed by atoms with van der Waals surface area (Å²) in [5.41, 5.74) is 3.46. The molecule has 21 heavy (non-hydrogen) atoms. The lowest BCUT2D eigenvalue weighted by Gasteiger charge is -2.28. The molecule has 0 saturated carbocycles. The average Bonchev–Trinajstić information content (AvgIpc) is 2.75. The molecule has 0 unspecified atom stereocenters. The Kier molecular flexibility index (Phi) is 4.34. The highest BCUT2D eigenvalue weighted by Gasteiger charge is 2.24. The van der Waals surface area contributed by atoms with Crippen LogP contribution in [0, 0.1) is 6.92 Å². The summed E-state index contributed by atoms with van der Waals surface area (Å²) >= 11 is 0. The van der Waals surface area contributed by atoms with Crippen molar-refractivity contribution in [2.24, 2.45) is 7.05 Å². The molecular weight excluding hydrogens is 260 g/mol. The molecule has 0 aromatic carbocycles. The van der Waals surface area contributed by atoms with E-state index in [9.17, 15) is 0 Å². The Morgan fingerprint density at radius 3 is 2.86 bits per heavy atom. The average molecular weight is 284 g/mol. The van der Waals surface area contributed by atoms with Gasteiger partial charge in [0.1, 0.15) is 0 Å². The van der Waals surface area contributed by atoms with E-state index in [-0.39, 0.29) is 0 Å². The van der Waals surface area contributed by atoms with Gasteiger partial charge in [-0.1, -0.05) is 18.9 Å². The molecule has 1 aliphatic heterocycles. The SMILES string of the molecule is Cc1cccc(CN2CCCCC[C@@H]2c2ccn(C)n2)n1. The van der Waals surface area contributed by atoms with E-state index in [1.54, 1.807) is 0 Å². The van der Waals surface area contributed by atoms with Gasteiger partial charge in [0.25, 0.3) is 0 Å². The third kappa shape index (κ3) is 3.50. The molecule has 4 nitrogen and oxygen atoms in total. The van der Waals surface area contributed by atoms with Crippen molar-refractivity contribution in [3.8, 4) is 0 Å². The largest absolute Gasteiger partial charge is 0.289 e. The van der Waals surface area contributed by atoms with Crippen molar-refractivity contribution in [2.45, 2.75) is 45.2 Å². The lowest BCUT2D eigenvalue weighted by atomic mass is 10.1. The minimum Gasteiger partial charge on any atom is -0.289 e. The van der Waals surface area contributed by atoms with Gasteiger partial charge < -0.3 is 0 Å². The Morgan fingerprint density at radius 2 is 2.10 bits per heavy atom. The summed E-state index contributed by atoms with van der Waals surface area (Å²) < 4.78 is 1.91. The molecule has 3 rings (SSSR count). The molecule has 1 aliphatic rings. The molecule has 0 N–H and O–H groups in total. The molecule has 0 aliphatic carbocycles. The number of pyridine rings is 1. The lowest BCUT2D eigenvalue weighted by molar-refractivity contribution is 0.186. The zero-order chi connectivity index (χ0) is 14.7. The summed E-state index contributed by atoms with van der Waals surface area (Å²) in [6, 6.07) is 8.88. The van der Waals surface area contributed by atoms with Crippen LogP contribution in [0.4, 0.5) is 0 Å². The van der Waals surface area contributed by atoms with Gasteiger partial charge in [-0.15, -0.1) is 0 Å². The van der Waals surface area contributed by atoms with Crippen molar-refractivity contribution in [3.63, 3.8) is 0 Å². The molecular formula is C17H24N4. The minimum atomic E-state index is 0.427. The van der Waals surface area contributed by atoms with Crippen LogP contribution in [0.15, 0.2) is 30.5 Å². The van der Waals surface area contributed by atoms with Crippen LogP contribution >= 0.6 is 0 Å². The zero-order valence-corrected chi connectivity index (χ0v) is 13.0. The third-order valence-corrected chi connectivity index (χ3v) is 4.25. The number of hydrogen-bond acceptors (Lipinski definition) is 3. The minimum absolute atomic E-state index is 0.427.